The van der Waals surface area contributed by atoms with E-state index in [2.05, 4.69) is 27.9 Å². The Labute approximate surface area is 158 Å². The zero-order valence-electron chi connectivity index (χ0n) is 16.3. The Morgan fingerprint density at radius 1 is 1.41 bits per heavy atom. The largest absolute Gasteiger partial charge is 0.286 e. The molecule has 0 fully saturated rings. The van der Waals surface area contributed by atoms with Crippen LogP contribution in [0.25, 0.3) is 11.0 Å². The molecule has 9 nitrogen and oxygen atoms in total. The van der Waals surface area contributed by atoms with E-state index < -0.39 is 5.92 Å². The van der Waals surface area contributed by atoms with Crippen LogP contribution < -0.4 is 10.9 Å². The summed E-state index contributed by atoms with van der Waals surface area (Å²) in [5.41, 5.74) is 8.11. The summed E-state index contributed by atoms with van der Waals surface area (Å²) in [7, 11) is 1.82. The molecule has 9 heteroatoms. The standard InChI is InChI=1S/C18H28N6O3/c1-5-6-7-8-14(10-24(27)11-25)18(26)21-20-15-9-12(2)16-13(3)22-23(4)17(16)19-15/h9,11,14,27H,5-8,10H2,1-4H3,(H,19,20)(H,21,26)/t14-/m0/s1. The zero-order chi connectivity index (χ0) is 20.0. The molecule has 2 amide bonds. The molecular formula is C18H28N6O3. The predicted octanol–water partition coefficient (Wildman–Crippen LogP) is 2.07. The molecule has 2 aromatic heterocycles. The van der Waals surface area contributed by atoms with E-state index in [4.69, 9.17) is 0 Å². The minimum Gasteiger partial charge on any atom is -0.286 e. The number of unbranched alkanes of at least 4 members (excludes halogenated alkanes) is 2. The van der Waals surface area contributed by atoms with Gasteiger partial charge in [0.2, 0.25) is 12.3 Å². The number of fused-ring (bicyclic) bond motifs is 1. The second-order valence-corrected chi connectivity index (χ2v) is 6.77. The number of carbonyl (C=O) groups excluding carboxylic acids is 2. The van der Waals surface area contributed by atoms with Gasteiger partial charge in [0.25, 0.3) is 0 Å². The van der Waals surface area contributed by atoms with Gasteiger partial charge in [-0.3, -0.25) is 30.3 Å². The van der Waals surface area contributed by atoms with Crippen molar-refractivity contribution in [1.82, 2.24) is 25.3 Å². The van der Waals surface area contributed by atoms with Crippen LogP contribution in [0.3, 0.4) is 0 Å². The van der Waals surface area contributed by atoms with Crippen molar-refractivity contribution in [2.45, 2.75) is 46.5 Å². The van der Waals surface area contributed by atoms with Gasteiger partial charge in [-0.1, -0.05) is 26.2 Å². The lowest BCUT2D eigenvalue weighted by Crippen LogP contribution is -2.40. The number of rotatable bonds is 10. The minimum absolute atomic E-state index is 0.0485. The fourth-order valence-corrected chi connectivity index (χ4v) is 3.17. The van der Waals surface area contributed by atoms with Crippen LogP contribution in [0.4, 0.5) is 5.82 Å². The molecule has 27 heavy (non-hydrogen) atoms. The molecule has 0 radical (unpaired) electrons. The van der Waals surface area contributed by atoms with Crippen LogP contribution >= 0.6 is 0 Å². The van der Waals surface area contributed by atoms with Crippen molar-refractivity contribution in [3.8, 4) is 0 Å². The highest BCUT2D eigenvalue weighted by Gasteiger charge is 2.21. The molecule has 0 saturated carbocycles. The van der Waals surface area contributed by atoms with Crippen LogP contribution in [-0.4, -0.2) is 43.9 Å². The molecule has 0 aromatic carbocycles. The lowest BCUT2D eigenvalue weighted by atomic mass is 10.0. The summed E-state index contributed by atoms with van der Waals surface area (Å²) in [5.74, 6) is -0.310. The molecule has 2 aromatic rings. The lowest BCUT2D eigenvalue weighted by Gasteiger charge is -2.20. The van der Waals surface area contributed by atoms with Gasteiger partial charge in [0.15, 0.2) is 5.65 Å². The Hall–Kier alpha value is -2.68. The third-order valence-corrected chi connectivity index (χ3v) is 4.54. The van der Waals surface area contributed by atoms with Gasteiger partial charge in [-0.15, -0.1) is 0 Å². The number of hydroxylamine groups is 2. The molecule has 148 valence electrons. The van der Waals surface area contributed by atoms with E-state index in [1.54, 1.807) is 4.68 Å². The van der Waals surface area contributed by atoms with E-state index >= 15 is 0 Å². The number of aromatic nitrogens is 3. The Balaban J connectivity index is 2.08. The number of anilines is 1. The number of hydrogen-bond acceptors (Lipinski definition) is 6. The summed E-state index contributed by atoms with van der Waals surface area (Å²) >= 11 is 0. The summed E-state index contributed by atoms with van der Waals surface area (Å²) in [6.45, 7) is 5.92. The fraction of sp³-hybridized carbons (Fsp3) is 0.556. The maximum atomic E-state index is 12.5. The molecule has 0 unspecified atom stereocenters. The Morgan fingerprint density at radius 2 is 2.15 bits per heavy atom. The topological polar surface area (TPSA) is 112 Å². The highest BCUT2D eigenvalue weighted by Crippen LogP contribution is 2.22. The van der Waals surface area contributed by atoms with Crippen LogP contribution in [0.15, 0.2) is 6.07 Å². The maximum absolute atomic E-state index is 12.5. The molecule has 0 aliphatic rings. The second-order valence-electron chi connectivity index (χ2n) is 6.77. The molecule has 2 rings (SSSR count). The first-order valence-corrected chi connectivity index (χ1v) is 9.15. The lowest BCUT2D eigenvalue weighted by molar-refractivity contribution is -0.154. The van der Waals surface area contributed by atoms with Crippen molar-refractivity contribution in [3.63, 3.8) is 0 Å². The van der Waals surface area contributed by atoms with Crippen LogP contribution in [0.1, 0.15) is 43.9 Å². The average molecular weight is 376 g/mol. The van der Waals surface area contributed by atoms with E-state index in [9.17, 15) is 14.8 Å². The first-order chi connectivity index (χ1) is 12.9. The number of nitrogens with one attached hydrogen (secondary N) is 2. The van der Waals surface area contributed by atoms with E-state index in [1.807, 2.05) is 27.0 Å². The highest BCUT2D eigenvalue weighted by atomic mass is 16.5. The van der Waals surface area contributed by atoms with Gasteiger partial charge in [-0.25, -0.2) is 10.0 Å². The van der Waals surface area contributed by atoms with Gasteiger partial charge in [0.1, 0.15) is 5.82 Å². The van der Waals surface area contributed by atoms with Gasteiger partial charge in [0.05, 0.1) is 18.2 Å². The molecule has 1 atom stereocenters. The number of aryl methyl sites for hydroxylation is 3. The molecule has 0 aliphatic carbocycles. The SMILES string of the molecule is CCCCC[C@@H](CN(O)C=O)C(=O)NNc1cc(C)c2c(C)nn(C)c2n1. The normalized spacial score (nSPS) is 12.0. The molecule has 0 spiro atoms. The number of hydrazine groups is 1. The fourth-order valence-electron chi connectivity index (χ4n) is 3.17. The molecular weight excluding hydrogens is 348 g/mol. The molecule has 2 heterocycles. The third-order valence-electron chi connectivity index (χ3n) is 4.54. The summed E-state index contributed by atoms with van der Waals surface area (Å²) in [6.07, 6.45) is 3.74. The Bertz CT molecular complexity index is 804. The monoisotopic (exact) mass is 376 g/mol. The van der Waals surface area contributed by atoms with E-state index in [0.717, 1.165) is 41.6 Å². The average Bonchev–Trinajstić information content (AvgIpc) is 2.93. The van der Waals surface area contributed by atoms with Gasteiger partial charge in [0, 0.05) is 12.4 Å². The van der Waals surface area contributed by atoms with Crippen molar-refractivity contribution in [2.75, 3.05) is 12.0 Å². The van der Waals surface area contributed by atoms with Gasteiger partial charge in [-0.2, -0.15) is 5.10 Å². The van der Waals surface area contributed by atoms with Crippen LogP contribution in [0, 0.1) is 19.8 Å². The first kappa shape index (κ1) is 20.6. The van der Waals surface area contributed by atoms with Crippen LogP contribution in [0.2, 0.25) is 0 Å². The van der Waals surface area contributed by atoms with Crippen molar-refractivity contribution < 1.29 is 14.8 Å². The highest BCUT2D eigenvalue weighted by molar-refractivity contribution is 5.84. The Kier molecular flexibility index (Phi) is 7.12. The van der Waals surface area contributed by atoms with Gasteiger partial charge in [-0.05, 0) is 31.9 Å². The molecule has 0 saturated heterocycles. The van der Waals surface area contributed by atoms with Crippen molar-refractivity contribution >= 4 is 29.2 Å². The number of amides is 2. The van der Waals surface area contributed by atoms with Gasteiger partial charge >= 0.3 is 0 Å². The van der Waals surface area contributed by atoms with E-state index in [-0.39, 0.29) is 12.5 Å². The number of carbonyl (C=O) groups is 2. The molecule has 0 aliphatic heterocycles. The van der Waals surface area contributed by atoms with Crippen molar-refractivity contribution in [1.29, 1.82) is 0 Å². The molecule has 3 N–H and O–H groups in total. The van der Waals surface area contributed by atoms with E-state index in [0.29, 0.717) is 23.7 Å². The quantitative estimate of drug-likeness (QED) is 0.253. The number of nitrogens with zero attached hydrogens (tertiary/aromatic N) is 4. The Morgan fingerprint density at radius 3 is 2.81 bits per heavy atom. The minimum atomic E-state index is -0.511. The zero-order valence-corrected chi connectivity index (χ0v) is 16.3. The summed E-state index contributed by atoms with van der Waals surface area (Å²) < 4.78 is 1.70. The second kappa shape index (κ2) is 9.31. The van der Waals surface area contributed by atoms with Crippen molar-refractivity contribution in [2.24, 2.45) is 13.0 Å². The summed E-state index contributed by atoms with van der Waals surface area (Å²) in [4.78, 5) is 27.7. The number of hydrogen-bond donors (Lipinski definition) is 3. The van der Waals surface area contributed by atoms with Gasteiger partial charge < -0.3 is 0 Å². The number of pyridine rings is 1. The third kappa shape index (κ3) is 5.16. The summed E-state index contributed by atoms with van der Waals surface area (Å²) in [5, 5.41) is 15.3. The van der Waals surface area contributed by atoms with Crippen LogP contribution in [-0.2, 0) is 16.6 Å². The maximum Gasteiger partial charge on any atom is 0.243 e. The molecule has 0 bridgehead atoms. The predicted molar refractivity (Wildman–Crippen MR) is 102 cm³/mol. The first-order valence-electron chi connectivity index (χ1n) is 9.15. The summed E-state index contributed by atoms with van der Waals surface area (Å²) in [6, 6.07) is 1.84. The van der Waals surface area contributed by atoms with Crippen molar-refractivity contribution in [3.05, 3.63) is 17.3 Å². The smallest absolute Gasteiger partial charge is 0.243 e. The van der Waals surface area contributed by atoms with Crippen LogP contribution in [0.5, 0.6) is 0 Å². The van der Waals surface area contributed by atoms with E-state index in [1.165, 1.54) is 0 Å².